The van der Waals surface area contributed by atoms with Crippen molar-refractivity contribution in [2.75, 3.05) is 24.5 Å². The summed E-state index contributed by atoms with van der Waals surface area (Å²) in [7, 11) is 0. The Hall–Kier alpha value is -1.79. The molecule has 0 N–H and O–H groups in total. The van der Waals surface area contributed by atoms with Crippen molar-refractivity contribution in [3.8, 4) is 0 Å². The molecule has 7 heteroatoms. The van der Waals surface area contributed by atoms with E-state index in [1.165, 1.54) is 19.3 Å². The van der Waals surface area contributed by atoms with Crippen molar-refractivity contribution in [1.29, 1.82) is 0 Å². The molecule has 1 saturated heterocycles. The molecule has 0 bridgehead atoms. The standard InChI is InChI=1S/C19H26F3N3O/c20-16-11-17(21)19(23-18(16)22)24-9-4-5-14(12-24)8-10-25(13-26)15-6-2-1-3-7-15/h11,13-15H,1-10,12H2. The summed E-state index contributed by atoms with van der Waals surface area (Å²) in [4.78, 5) is 18.5. The first kappa shape index (κ1) is 19.0. The summed E-state index contributed by atoms with van der Waals surface area (Å²) in [6.07, 6.45) is 9.34. The van der Waals surface area contributed by atoms with Gasteiger partial charge in [0.25, 0.3) is 5.95 Å². The monoisotopic (exact) mass is 369 g/mol. The number of nitrogens with zero attached hydrogens (tertiary/aromatic N) is 3. The second-order valence-corrected chi connectivity index (χ2v) is 7.44. The fourth-order valence-electron chi connectivity index (χ4n) is 4.22. The topological polar surface area (TPSA) is 36.4 Å². The maximum Gasteiger partial charge on any atom is 0.251 e. The SMILES string of the molecule is O=CN(CCC1CCCN(c2nc(F)c(F)cc2F)C1)C1CCCCC1. The average molecular weight is 369 g/mol. The molecule has 1 unspecified atom stereocenters. The smallest absolute Gasteiger partial charge is 0.251 e. The van der Waals surface area contributed by atoms with Crippen LogP contribution in [0.1, 0.15) is 51.4 Å². The number of halogens is 3. The molecule has 4 nitrogen and oxygen atoms in total. The fraction of sp³-hybridized carbons (Fsp3) is 0.684. The molecule has 26 heavy (non-hydrogen) atoms. The van der Waals surface area contributed by atoms with Gasteiger partial charge in [-0.2, -0.15) is 9.37 Å². The van der Waals surface area contributed by atoms with E-state index in [0.717, 1.165) is 38.5 Å². The molecule has 1 saturated carbocycles. The highest BCUT2D eigenvalue weighted by Crippen LogP contribution is 2.28. The second-order valence-electron chi connectivity index (χ2n) is 7.44. The molecule has 3 rings (SSSR count). The third kappa shape index (κ3) is 4.48. The normalized spacial score (nSPS) is 21.7. The molecule has 2 fully saturated rings. The Morgan fingerprint density at radius 1 is 1.12 bits per heavy atom. The first-order valence-corrected chi connectivity index (χ1v) is 9.56. The number of amides is 1. The van der Waals surface area contributed by atoms with E-state index >= 15 is 0 Å². The van der Waals surface area contributed by atoms with Crippen LogP contribution in [0.25, 0.3) is 0 Å². The van der Waals surface area contributed by atoms with Crippen LogP contribution in [0, 0.1) is 23.5 Å². The van der Waals surface area contributed by atoms with E-state index in [9.17, 15) is 18.0 Å². The number of pyridine rings is 1. The van der Waals surface area contributed by atoms with Gasteiger partial charge in [-0.25, -0.2) is 8.78 Å². The summed E-state index contributed by atoms with van der Waals surface area (Å²) < 4.78 is 40.5. The second kappa shape index (κ2) is 8.73. The summed E-state index contributed by atoms with van der Waals surface area (Å²) in [6.45, 7) is 1.82. The van der Waals surface area contributed by atoms with E-state index < -0.39 is 17.6 Å². The van der Waals surface area contributed by atoms with E-state index in [-0.39, 0.29) is 11.7 Å². The van der Waals surface area contributed by atoms with Gasteiger partial charge in [-0.3, -0.25) is 4.79 Å². The zero-order valence-corrected chi connectivity index (χ0v) is 15.0. The van der Waals surface area contributed by atoms with Crippen LogP contribution in [0.4, 0.5) is 19.0 Å². The van der Waals surface area contributed by atoms with Gasteiger partial charge in [0.05, 0.1) is 0 Å². The van der Waals surface area contributed by atoms with Gasteiger partial charge in [0.2, 0.25) is 6.41 Å². The van der Waals surface area contributed by atoms with Crippen LogP contribution in [0.15, 0.2) is 6.07 Å². The molecule has 2 heterocycles. The number of carbonyl (C=O) groups is 1. The molecule has 0 aromatic carbocycles. The first-order chi connectivity index (χ1) is 12.6. The minimum atomic E-state index is -1.27. The minimum Gasteiger partial charge on any atom is -0.354 e. The largest absolute Gasteiger partial charge is 0.354 e. The maximum atomic E-state index is 14.0. The van der Waals surface area contributed by atoms with Gasteiger partial charge in [-0.05, 0) is 38.0 Å². The molecular weight excluding hydrogens is 343 g/mol. The Morgan fingerprint density at radius 2 is 1.88 bits per heavy atom. The van der Waals surface area contributed by atoms with Crippen LogP contribution in [0.2, 0.25) is 0 Å². The summed E-state index contributed by atoms with van der Waals surface area (Å²) in [5, 5.41) is 0. The Kier molecular flexibility index (Phi) is 6.38. The summed E-state index contributed by atoms with van der Waals surface area (Å²) in [5.74, 6) is -3.21. The van der Waals surface area contributed by atoms with Crippen molar-refractivity contribution in [2.24, 2.45) is 5.92 Å². The Bertz CT molecular complexity index is 622. The third-order valence-electron chi connectivity index (χ3n) is 5.66. The molecule has 1 aliphatic carbocycles. The van der Waals surface area contributed by atoms with Crippen LogP contribution in [0.3, 0.4) is 0 Å². The van der Waals surface area contributed by atoms with E-state index in [1.54, 1.807) is 4.90 Å². The Morgan fingerprint density at radius 3 is 2.62 bits per heavy atom. The van der Waals surface area contributed by atoms with E-state index in [0.29, 0.717) is 31.7 Å². The lowest BCUT2D eigenvalue weighted by molar-refractivity contribution is -0.121. The van der Waals surface area contributed by atoms with Gasteiger partial charge < -0.3 is 9.80 Å². The minimum absolute atomic E-state index is 0.117. The van der Waals surface area contributed by atoms with Gasteiger partial charge in [0, 0.05) is 31.7 Å². The summed E-state index contributed by atoms with van der Waals surface area (Å²) >= 11 is 0. The zero-order chi connectivity index (χ0) is 18.5. The zero-order valence-electron chi connectivity index (χ0n) is 15.0. The maximum absolute atomic E-state index is 14.0. The number of hydrogen-bond acceptors (Lipinski definition) is 3. The van der Waals surface area contributed by atoms with Gasteiger partial charge in [-0.15, -0.1) is 0 Å². The van der Waals surface area contributed by atoms with E-state index in [2.05, 4.69) is 4.98 Å². The van der Waals surface area contributed by atoms with Gasteiger partial charge in [0.1, 0.15) is 0 Å². The molecular formula is C19H26F3N3O. The summed E-state index contributed by atoms with van der Waals surface area (Å²) in [5.41, 5.74) is 0. The molecule has 1 aromatic rings. The molecule has 1 aromatic heterocycles. The highest BCUT2D eigenvalue weighted by Gasteiger charge is 2.26. The molecule has 1 atom stereocenters. The lowest BCUT2D eigenvalue weighted by Gasteiger charge is -2.36. The quantitative estimate of drug-likeness (QED) is 0.564. The number of anilines is 1. The molecule has 1 aliphatic heterocycles. The molecule has 0 spiro atoms. The number of rotatable bonds is 6. The van der Waals surface area contributed by atoms with Crippen molar-refractivity contribution in [2.45, 2.75) is 57.4 Å². The number of hydrogen-bond donors (Lipinski definition) is 0. The number of aromatic nitrogens is 1. The Labute approximate surface area is 152 Å². The Balaban J connectivity index is 1.58. The van der Waals surface area contributed by atoms with Crippen LogP contribution < -0.4 is 4.90 Å². The van der Waals surface area contributed by atoms with Crippen molar-refractivity contribution in [1.82, 2.24) is 9.88 Å². The summed E-state index contributed by atoms with van der Waals surface area (Å²) in [6, 6.07) is 0.893. The molecule has 1 amide bonds. The van der Waals surface area contributed by atoms with Crippen molar-refractivity contribution >= 4 is 12.2 Å². The fourth-order valence-corrected chi connectivity index (χ4v) is 4.22. The van der Waals surface area contributed by atoms with Crippen LogP contribution >= 0.6 is 0 Å². The third-order valence-corrected chi connectivity index (χ3v) is 5.66. The van der Waals surface area contributed by atoms with Crippen LogP contribution in [-0.2, 0) is 4.79 Å². The lowest BCUT2D eigenvalue weighted by Crippen LogP contribution is -2.40. The van der Waals surface area contributed by atoms with Gasteiger partial charge in [-0.1, -0.05) is 19.3 Å². The van der Waals surface area contributed by atoms with Crippen LogP contribution in [-0.4, -0.2) is 42.0 Å². The van der Waals surface area contributed by atoms with E-state index in [4.69, 9.17) is 0 Å². The highest BCUT2D eigenvalue weighted by molar-refractivity contribution is 5.47. The van der Waals surface area contributed by atoms with Gasteiger partial charge >= 0.3 is 0 Å². The van der Waals surface area contributed by atoms with Gasteiger partial charge in [0.15, 0.2) is 17.5 Å². The molecule has 0 radical (unpaired) electrons. The van der Waals surface area contributed by atoms with Crippen molar-refractivity contribution < 1.29 is 18.0 Å². The molecule has 144 valence electrons. The van der Waals surface area contributed by atoms with Crippen molar-refractivity contribution in [3.05, 3.63) is 23.6 Å². The predicted octanol–water partition coefficient (Wildman–Crippen LogP) is 3.90. The highest BCUT2D eigenvalue weighted by atomic mass is 19.2. The van der Waals surface area contributed by atoms with E-state index in [1.807, 2.05) is 4.90 Å². The predicted molar refractivity (Wildman–Crippen MR) is 93.3 cm³/mol. The average Bonchev–Trinajstić information content (AvgIpc) is 2.66. The molecule has 2 aliphatic rings. The lowest BCUT2D eigenvalue weighted by atomic mass is 9.92. The van der Waals surface area contributed by atoms with Crippen LogP contribution in [0.5, 0.6) is 0 Å². The number of carbonyl (C=O) groups excluding carboxylic acids is 1. The van der Waals surface area contributed by atoms with Crippen molar-refractivity contribution in [3.63, 3.8) is 0 Å². The first-order valence-electron chi connectivity index (χ1n) is 9.56. The number of piperidine rings is 1.